The van der Waals surface area contributed by atoms with Gasteiger partial charge in [0.25, 0.3) is 0 Å². The number of fused-ring (bicyclic) bond motifs is 1. The number of hydrogen-bond donors (Lipinski definition) is 0. The molecule has 0 aromatic carbocycles. The Morgan fingerprint density at radius 2 is 2.10 bits per heavy atom. The number of anilines is 1. The molecule has 2 rings (SSSR count). The molecule has 0 bridgehead atoms. The zero-order chi connectivity index (χ0) is 14.5. The summed E-state index contributed by atoms with van der Waals surface area (Å²) >= 11 is 0. The minimum Gasteiger partial charge on any atom is -0.469 e. The van der Waals surface area contributed by atoms with Crippen LogP contribution in [0.2, 0.25) is 0 Å². The second-order valence-electron chi connectivity index (χ2n) is 4.53. The Kier molecular flexibility index (Phi) is 4.45. The molecule has 2 aromatic heterocycles. The van der Waals surface area contributed by atoms with Crippen LogP contribution < -0.4 is 4.90 Å². The number of ether oxygens (including phenoxy) is 1. The molecule has 0 aliphatic rings. The van der Waals surface area contributed by atoms with Crippen molar-refractivity contribution in [1.82, 2.24) is 15.0 Å². The van der Waals surface area contributed by atoms with Crippen molar-refractivity contribution < 1.29 is 9.53 Å². The van der Waals surface area contributed by atoms with Crippen molar-refractivity contribution in [1.29, 1.82) is 0 Å². The van der Waals surface area contributed by atoms with Gasteiger partial charge in [0.15, 0.2) is 5.65 Å². The van der Waals surface area contributed by atoms with Crippen LogP contribution in [0.3, 0.4) is 0 Å². The summed E-state index contributed by atoms with van der Waals surface area (Å²) in [6, 6.07) is 3.78. The van der Waals surface area contributed by atoms with Crippen molar-refractivity contribution in [3.05, 3.63) is 24.5 Å². The Balaban J connectivity index is 2.23. The average Bonchev–Trinajstić information content (AvgIpc) is 2.51. The Hall–Kier alpha value is -2.24. The Morgan fingerprint density at radius 3 is 2.80 bits per heavy atom. The first-order valence-corrected chi connectivity index (χ1v) is 6.56. The van der Waals surface area contributed by atoms with Gasteiger partial charge >= 0.3 is 5.97 Å². The number of methoxy groups -OCH3 is 1. The molecule has 6 nitrogen and oxygen atoms in total. The number of esters is 1. The first-order valence-electron chi connectivity index (χ1n) is 6.56. The summed E-state index contributed by atoms with van der Waals surface area (Å²) in [5.74, 6) is 0.361. The Bertz CT molecular complexity index is 602. The van der Waals surface area contributed by atoms with Crippen molar-refractivity contribution in [2.75, 3.05) is 25.1 Å². The van der Waals surface area contributed by atoms with Gasteiger partial charge in [-0.2, -0.15) is 0 Å². The van der Waals surface area contributed by atoms with E-state index in [0.29, 0.717) is 12.2 Å². The molecule has 2 heterocycles. The number of carbonyl (C=O) groups is 1. The van der Waals surface area contributed by atoms with E-state index >= 15 is 0 Å². The summed E-state index contributed by atoms with van der Waals surface area (Å²) in [5, 5.41) is 0. The third-order valence-electron chi connectivity index (χ3n) is 3.12. The van der Waals surface area contributed by atoms with Crippen molar-refractivity contribution in [2.24, 2.45) is 5.92 Å². The second kappa shape index (κ2) is 6.27. The highest BCUT2D eigenvalue weighted by molar-refractivity contribution is 5.74. The smallest absolute Gasteiger partial charge is 0.310 e. The highest BCUT2D eigenvalue weighted by Gasteiger charge is 2.18. The summed E-state index contributed by atoms with van der Waals surface area (Å²) in [6.07, 6.45) is 3.26. The summed E-state index contributed by atoms with van der Waals surface area (Å²) in [6.45, 7) is 5.17. The fraction of sp³-hybridized carbons (Fsp3) is 0.429. The van der Waals surface area contributed by atoms with E-state index in [4.69, 9.17) is 4.74 Å². The quantitative estimate of drug-likeness (QED) is 0.772. The SMILES string of the molecule is CCN(C[C@@H](C)C(=O)OC)c1ccc2nccnc2n1. The predicted molar refractivity (Wildman–Crippen MR) is 76.4 cm³/mol. The van der Waals surface area contributed by atoms with Gasteiger partial charge in [0.1, 0.15) is 11.3 Å². The molecular formula is C14H18N4O2. The van der Waals surface area contributed by atoms with Gasteiger partial charge in [0, 0.05) is 25.5 Å². The van der Waals surface area contributed by atoms with E-state index in [-0.39, 0.29) is 11.9 Å². The van der Waals surface area contributed by atoms with Crippen LogP contribution in [0.1, 0.15) is 13.8 Å². The van der Waals surface area contributed by atoms with E-state index in [1.807, 2.05) is 30.9 Å². The number of nitrogens with zero attached hydrogens (tertiary/aromatic N) is 4. The number of rotatable bonds is 5. The minimum atomic E-state index is -0.218. The summed E-state index contributed by atoms with van der Waals surface area (Å²) < 4.78 is 4.76. The maximum Gasteiger partial charge on any atom is 0.310 e. The van der Waals surface area contributed by atoms with Crippen LogP contribution in [0.4, 0.5) is 5.82 Å². The molecule has 0 fully saturated rings. The van der Waals surface area contributed by atoms with E-state index in [0.717, 1.165) is 17.9 Å². The van der Waals surface area contributed by atoms with E-state index in [9.17, 15) is 4.79 Å². The highest BCUT2D eigenvalue weighted by atomic mass is 16.5. The largest absolute Gasteiger partial charge is 0.469 e. The molecule has 0 spiro atoms. The summed E-state index contributed by atoms with van der Waals surface area (Å²) in [7, 11) is 1.40. The van der Waals surface area contributed by atoms with Crippen molar-refractivity contribution in [3.63, 3.8) is 0 Å². The molecule has 20 heavy (non-hydrogen) atoms. The minimum absolute atomic E-state index is 0.209. The van der Waals surface area contributed by atoms with Crippen LogP contribution in [-0.4, -0.2) is 41.1 Å². The lowest BCUT2D eigenvalue weighted by Crippen LogP contribution is -2.32. The van der Waals surface area contributed by atoms with Gasteiger partial charge < -0.3 is 9.64 Å². The van der Waals surface area contributed by atoms with Crippen molar-refractivity contribution >= 4 is 23.0 Å². The van der Waals surface area contributed by atoms with Crippen LogP contribution in [0.25, 0.3) is 11.2 Å². The van der Waals surface area contributed by atoms with Gasteiger partial charge in [-0.25, -0.2) is 9.97 Å². The lowest BCUT2D eigenvalue weighted by molar-refractivity contribution is -0.144. The van der Waals surface area contributed by atoms with E-state index in [2.05, 4.69) is 15.0 Å². The van der Waals surface area contributed by atoms with E-state index < -0.39 is 0 Å². The molecule has 0 saturated heterocycles. The zero-order valence-corrected chi connectivity index (χ0v) is 11.9. The van der Waals surface area contributed by atoms with Crippen LogP contribution in [0, 0.1) is 5.92 Å². The van der Waals surface area contributed by atoms with E-state index in [1.165, 1.54) is 7.11 Å². The molecule has 0 amide bonds. The maximum absolute atomic E-state index is 11.5. The lowest BCUT2D eigenvalue weighted by atomic mass is 10.1. The van der Waals surface area contributed by atoms with Gasteiger partial charge in [0.05, 0.1) is 13.0 Å². The summed E-state index contributed by atoms with van der Waals surface area (Å²) in [4.78, 5) is 26.4. The van der Waals surface area contributed by atoms with Gasteiger partial charge in [-0.1, -0.05) is 6.92 Å². The second-order valence-corrected chi connectivity index (χ2v) is 4.53. The van der Waals surface area contributed by atoms with Gasteiger partial charge in [-0.15, -0.1) is 0 Å². The van der Waals surface area contributed by atoms with Crippen LogP contribution in [0.15, 0.2) is 24.5 Å². The topological polar surface area (TPSA) is 68.2 Å². The molecule has 0 unspecified atom stereocenters. The highest BCUT2D eigenvalue weighted by Crippen LogP contribution is 2.16. The maximum atomic E-state index is 11.5. The third-order valence-corrected chi connectivity index (χ3v) is 3.12. The fourth-order valence-electron chi connectivity index (χ4n) is 2.01. The lowest BCUT2D eigenvalue weighted by Gasteiger charge is -2.24. The number of pyridine rings is 1. The monoisotopic (exact) mass is 274 g/mol. The van der Waals surface area contributed by atoms with Crippen molar-refractivity contribution in [2.45, 2.75) is 13.8 Å². The predicted octanol–water partition coefficient (Wildman–Crippen LogP) is 1.66. The standard InChI is InChI=1S/C14H18N4O2/c1-4-18(9-10(2)14(19)20-3)12-6-5-11-13(17-12)16-8-7-15-11/h5-8,10H,4,9H2,1-3H3/t10-/m1/s1. The molecule has 0 aliphatic carbocycles. The van der Waals surface area contributed by atoms with E-state index in [1.54, 1.807) is 12.4 Å². The zero-order valence-electron chi connectivity index (χ0n) is 11.9. The molecule has 0 N–H and O–H groups in total. The number of hydrogen-bond acceptors (Lipinski definition) is 6. The molecule has 2 aromatic rings. The first-order chi connectivity index (χ1) is 9.65. The van der Waals surface area contributed by atoms with Crippen LogP contribution in [-0.2, 0) is 9.53 Å². The fourth-order valence-corrected chi connectivity index (χ4v) is 2.01. The third kappa shape index (κ3) is 3.01. The van der Waals surface area contributed by atoms with Crippen LogP contribution >= 0.6 is 0 Å². The number of carbonyl (C=O) groups excluding carboxylic acids is 1. The van der Waals surface area contributed by atoms with Crippen molar-refractivity contribution in [3.8, 4) is 0 Å². The van der Waals surface area contributed by atoms with Gasteiger partial charge in [-0.3, -0.25) is 9.78 Å². The average molecular weight is 274 g/mol. The molecule has 0 saturated carbocycles. The Labute approximate surface area is 117 Å². The molecule has 106 valence electrons. The number of aromatic nitrogens is 3. The molecule has 0 aliphatic heterocycles. The normalized spacial score (nSPS) is 12.2. The van der Waals surface area contributed by atoms with Gasteiger partial charge in [0.2, 0.25) is 0 Å². The molecule has 1 atom stereocenters. The summed E-state index contributed by atoms with van der Waals surface area (Å²) in [5.41, 5.74) is 1.36. The first kappa shape index (κ1) is 14.2. The molecule has 0 radical (unpaired) electrons. The van der Waals surface area contributed by atoms with Gasteiger partial charge in [-0.05, 0) is 19.1 Å². The Morgan fingerprint density at radius 1 is 1.35 bits per heavy atom. The molecular weight excluding hydrogens is 256 g/mol. The van der Waals surface area contributed by atoms with Crippen LogP contribution in [0.5, 0.6) is 0 Å². The molecule has 6 heteroatoms.